The van der Waals surface area contributed by atoms with E-state index in [4.69, 9.17) is 9.72 Å². The van der Waals surface area contributed by atoms with E-state index in [2.05, 4.69) is 10.3 Å². The number of pyridine rings is 1. The van der Waals surface area contributed by atoms with Gasteiger partial charge in [-0.05, 0) is 63.9 Å². The third kappa shape index (κ3) is 6.56. The Hall–Kier alpha value is -4.27. The summed E-state index contributed by atoms with van der Waals surface area (Å²) in [6, 6.07) is 15.0. The van der Waals surface area contributed by atoms with Gasteiger partial charge in [-0.1, -0.05) is 37.5 Å². The van der Waals surface area contributed by atoms with Crippen molar-refractivity contribution < 1.29 is 19.1 Å². The number of amides is 2. The molecular formula is C32H37N5O4. The second-order valence-electron chi connectivity index (χ2n) is 11.7. The molecule has 2 heterocycles. The number of rotatable bonds is 7. The van der Waals surface area contributed by atoms with E-state index >= 15 is 0 Å². The Kier molecular flexibility index (Phi) is 8.06. The quantitative estimate of drug-likeness (QED) is 0.276. The number of imidazole rings is 1. The van der Waals surface area contributed by atoms with Crippen LogP contribution in [0.15, 0.2) is 54.7 Å². The molecule has 0 unspecified atom stereocenters. The van der Waals surface area contributed by atoms with Gasteiger partial charge in [0.15, 0.2) is 0 Å². The highest BCUT2D eigenvalue weighted by molar-refractivity contribution is 6.06. The summed E-state index contributed by atoms with van der Waals surface area (Å²) in [5.74, 6) is -0.237. The fourth-order valence-corrected chi connectivity index (χ4v) is 5.36. The van der Waals surface area contributed by atoms with Crippen molar-refractivity contribution in [3.8, 4) is 0 Å². The van der Waals surface area contributed by atoms with E-state index in [9.17, 15) is 14.4 Å². The van der Waals surface area contributed by atoms with Crippen LogP contribution in [0.3, 0.4) is 0 Å². The number of fused-ring (bicyclic) bond motifs is 2. The molecule has 1 fully saturated rings. The summed E-state index contributed by atoms with van der Waals surface area (Å²) in [4.78, 5) is 49.9. The van der Waals surface area contributed by atoms with Crippen molar-refractivity contribution in [3.05, 3.63) is 60.3 Å². The minimum atomic E-state index is -0.599. The summed E-state index contributed by atoms with van der Waals surface area (Å²) in [5.41, 5.74) is 2.69. The minimum Gasteiger partial charge on any atom is -0.460 e. The maximum Gasteiger partial charge on any atom is 0.308 e. The van der Waals surface area contributed by atoms with Gasteiger partial charge in [0, 0.05) is 36.8 Å². The Labute approximate surface area is 239 Å². The molecule has 214 valence electrons. The molecule has 0 radical (unpaired) electrons. The molecule has 1 aliphatic carbocycles. The molecule has 0 bridgehead atoms. The topological polar surface area (TPSA) is 106 Å². The third-order valence-corrected chi connectivity index (χ3v) is 7.44. The van der Waals surface area contributed by atoms with E-state index < -0.39 is 5.60 Å². The molecule has 41 heavy (non-hydrogen) atoms. The first-order valence-electron chi connectivity index (χ1n) is 14.2. The minimum absolute atomic E-state index is 0.0428. The highest BCUT2D eigenvalue weighted by atomic mass is 16.6. The van der Waals surface area contributed by atoms with Crippen LogP contribution in [0, 0.1) is 5.92 Å². The number of carbonyl (C=O) groups is 3. The van der Waals surface area contributed by atoms with Gasteiger partial charge in [-0.25, -0.2) is 4.98 Å². The number of carbonyl (C=O) groups excluding carboxylic acids is 3. The number of aryl methyl sites for hydroxylation is 1. The molecule has 2 amide bonds. The zero-order valence-corrected chi connectivity index (χ0v) is 24.1. The van der Waals surface area contributed by atoms with E-state index in [-0.39, 0.29) is 36.7 Å². The molecule has 0 spiro atoms. The van der Waals surface area contributed by atoms with Gasteiger partial charge in [0.25, 0.3) is 5.91 Å². The van der Waals surface area contributed by atoms with Crippen molar-refractivity contribution in [3.63, 3.8) is 0 Å². The SMILES string of the molecule is CN(C(=O)C1CCCCC1)c1ccc2c(c1)nc(NC(=O)c1cnc3ccccc3c1)n2CCC(=O)OC(C)(C)C. The van der Waals surface area contributed by atoms with Crippen LogP contribution in [0.4, 0.5) is 11.6 Å². The fraction of sp³-hybridized carbons (Fsp3) is 0.406. The first-order valence-corrected chi connectivity index (χ1v) is 14.2. The summed E-state index contributed by atoms with van der Waals surface area (Å²) in [6.07, 6.45) is 6.83. The normalized spacial score (nSPS) is 14.2. The van der Waals surface area contributed by atoms with Crippen LogP contribution >= 0.6 is 0 Å². The van der Waals surface area contributed by atoms with Crippen LogP contribution in [0.25, 0.3) is 21.9 Å². The maximum atomic E-state index is 13.3. The molecule has 0 atom stereocenters. The van der Waals surface area contributed by atoms with Crippen LogP contribution in [0.2, 0.25) is 0 Å². The molecule has 0 aliphatic heterocycles. The van der Waals surface area contributed by atoms with Crippen molar-refractivity contribution in [1.29, 1.82) is 0 Å². The number of nitrogens with zero attached hydrogens (tertiary/aromatic N) is 4. The number of ether oxygens (including phenoxy) is 1. The second kappa shape index (κ2) is 11.7. The van der Waals surface area contributed by atoms with Gasteiger partial charge in [0.05, 0.1) is 28.5 Å². The predicted molar refractivity (Wildman–Crippen MR) is 160 cm³/mol. The highest BCUT2D eigenvalue weighted by Crippen LogP contribution is 2.30. The van der Waals surface area contributed by atoms with Crippen LogP contribution in [0.5, 0.6) is 0 Å². The van der Waals surface area contributed by atoms with E-state index in [1.165, 1.54) is 12.6 Å². The first kappa shape index (κ1) is 28.3. The van der Waals surface area contributed by atoms with Crippen molar-refractivity contribution in [2.75, 3.05) is 17.3 Å². The average molecular weight is 556 g/mol. The number of aromatic nitrogens is 3. The van der Waals surface area contributed by atoms with Gasteiger partial charge < -0.3 is 14.2 Å². The Bertz CT molecular complexity index is 1600. The molecular weight excluding hydrogens is 518 g/mol. The number of anilines is 2. The predicted octanol–water partition coefficient (Wildman–Crippen LogP) is 6.11. The Morgan fingerprint density at radius 1 is 1.02 bits per heavy atom. The molecule has 1 N–H and O–H groups in total. The van der Waals surface area contributed by atoms with Crippen LogP contribution in [-0.4, -0.2) is 45.0 Å². The van der Waals surface area contributed by atoms with E-state index in [0.717, 1.165) is 47.8 Å². The highest BCUT2D eigenvalue weighted by Gasteiger charge is 2.26. The summed E-state index contributed by atoms with van der Waals surface area (Å²) >= 11 is 0. The van der Waals surface area contributed by atoms with Gasteiger partial charge in [-0.3, -0.25) is 24.7 Å². The molecule has 5 rings (SSSR count). The van der Waals surface area contributed by atoms with Crippen molar-refractivity contribution >= 4 is 51.4 Å². The summed E-state index contributed by atoms with van der Waals surface area (Å²) in [6.45, 7) is 5.74. The first-order chi connectivity index (χ1) is 19.6. The van der Waals surface area contributed by atoms with E-state index in [1.807, 2.05) is 63.2 Å². The van der Waals surface area contributed by atoms with Gasteiger partial charge in [0.1, 0.15) is 5.60 Å². The fourth-order valence-electron chi connectivity index (χ4n) is 5.36. The lowest BCUT2D eigenvalue weighted by molar-refractivity contribution is -0.155. The molecule has 2 aromatic heterocycles. The lowest BCUT2D eigenvalue weighted by atomic mass is 9.88. The van der Waals surface area contributed by atoms with E-state index in [1.54, 1.807) is 22.6 Å². The van der Waals surface area contributed by atoms with Crippen molar-refractivity contribution in [2.24, 2.45) is 5.92 Å². The molecule has 0 saturated heterocycles. The smallest absolute Gasteiger partial charge is 0.308 e. The Morgan fingerprint density at radius 2 is 1.78 bits per heavy atom. The number of esters is 1. The lowest BCUT2D eigenvalue weighted by Crippen LogP contribution is -2.33. The molecule has 1 aliphatic rings. The second-order valence-corrected chi connectivity index (χ2v) is 11.7. The average Bonchev–Trinajstić information content (AvgIpc) is 3.30. The van der Waals surface area contributed by atoms with Crippen LogP contribution in [0.1, 0.15) is 69.7 Å². The van der Waals surface area contributed by atoms with Gasteiger partial charge >= 0.3 is 5.97 Å². The van der Waals surface area contributed by atoms with Crippen molar-refractivity contribution in [2.45, 2.75) is 71.4 Å². The summed E-state index contributed by atoms with van der Waals surface area (Å²) < 4.78 is 7.31. The number of nitrogens with one attached hydrogen (secondary N) is 1. The van der Waals surface area contributed by atoms with Crippen molar-refractivity contribution in [1.82, 2.24) is 14.5 Å². The van der Waals surface area contributed by atoms with Gasteiger partial charge in [-0.2, -0.15) is 0 Å². The number of benzene rings is 2. The summed E-state index contributed by atoms with van der Waals surface area (Å²) in [5, 5.41) is 3.77. The Morgan fingerprint density at radius 3 is 2.54 bits per heavy atom. The van der Waals surface area contributed by atoms with Crippen LogP contribution < -0.4 is 10.2 Å². The summed E-state index contributed by atoms with van der Waals surface area (Å²) in [7, 11) is 1.80. The Balaban J connectivity index is 1.44. The molecule has 9 nitrogen and oxygen atoms in total. The molecule has 1 saturated carbocycles. The molecule has 9 heteroatoms. The van der Waals surface area contributed by atoms with Crippen LogP contribution in [-0.2, 0) is 20.9 Å². The largest absolute Gasteiger partial charge is 0.460 e. The number of hydrogen-bond acceptors (Lipinski definition) is 6. The monoisotopic (exact) mass is 555 g/mol. The van der Waals surface area contributed by atoms with Gasteiger partial charge in [-0.15, -0.1) is 0 Å². The van der Waals surface area contributed by atoms with E-state index in [0.29, 0.717) is 17.0 Å². The van der Waals surface area contributed by atoms with Gasteiger partial charge in [0.2, 0.25) is 11.9 Å². The maximum absolute atomic E-state index is 13.3. The third-order valence-electron chi connectivity index (χ3n) is 7.44. The zero-order valence-electron chi connectivity index (χ0n) is 24.1. The lowest BCUT2D eigenvalue weighted by Gasteiger charge is -2.26. The molecule has 4 aromatic rings. The number of hydrogen-bond donors (Lipinski definition) is 1. The number of para-hydroxylation sites is 1. The zero-order chi connectivity index (χ0) is 29.1. The molecule has 2 aromatic carbocycles. The standard InChI is InChI=1S/C32H37N5O4/c1-32(2,3)41-28(38)16-17-37-27-15-14-24(36(4)30(40)21-10-6-5-7-11-21)19-26(27)34-31(37)35-29(39)23-18-22-12-8-9-13-25(22)33-20-23/h8-9,12-15,18-21H,5-7,10-11,16-17H2,1-4H3,(H,34,35,39).